The van der Waals surface area contributed by atoms with E-state index in [0.717, 1.165) is 5.75 Å². The molecule has 1 saturated heterocycles. The molecule has 5 nitrogen and oxygen atoms in total. The molecule has 2 aromatic rings. The fraction of sp³-hybridized carbons (Fsp3) is 0.273. The molecule has 27 heavy (non-hydrogen) atoms. The van der Waals surface area contributed by atoms with Gasteiger partial charge in [0.25, 0.3) is 5.79 Å². The van der Waals surface area contributed by atoms with E-state index in [9.17, 15) is 9.59 Å². The monoisotopic (exact) mass is 366 g/mol. The van der Waals surface area contributed by atoms with Gasteiger partial charge in [0.15, 0.2) is 0 Å². The second kappa shape index (κ2) is 7.27. The highest BCUT2D eigenvalue weighted by Crippen LogP contribution is 2.26. The predicted molar refractivity (Wildman–Crippen MR) is 101 cm³/mol. The molecule has 0 aromatic heterocycles. The highest BCUT2D eigenvalue weighted by molar-refractivity contribution is 6.18. The fourth-order valence-corrected chi connectivity index (χ4v) is 2.63. The van der Waals surface area contributed by atoms with Crippen molar-refractivity contribution in [2.45, 2.75) is 39.4 Å². The van der Waals surface area contributed by atoms with E-state index in [1.165, 1.54) is 25.5 Å². The molecule has 3 rings (SSSR count). The molecule has 0 unspecified atom stereocenters. The van der Waals surface area contributed by atoms with Crippen LogP contribution in [-0.2, 0) is 19.1 Å². The quantitative estimate of drug-likeness (QED) is 0.441. The molecule has 2 aromatic carbocycles. The number of ether oxygens (including phenoxy) is 3. The molecule has 1 heterocycles. The molecule has 140 valence electrons. The number of benzene rings is 2. The summed E-state index contributed by atoms with van der Waals surface area (Å²) in [6.45, 7) is 7.31. The maximum absolute atomic E-state index is 12.0. The Kier molecular flexibility index (Phi) is 5.04. The number of hydrogen-bond acceptors (Lipinski definition) is 5. The van der Waals surface area contributed by atoms with Gasteiger partial charge in [0, 0.05) is 13.8 Å². The second-order valence-electron chi connectivity index (χ2n) is 7.13. The van der Waals surface area contributed by atoms with Crippen LogP contribution in [0.3, 0.4) is 0 Å². The number of cyclic esters (lactones) is 2. The van der Waals surface area contributed by atoms with Gasteiger partial charge in [-0.1, -0.05) is 38.1 Å². The third-order valence-electron chi connectivity index (χ3n) is 4.09. The van der Waals surface area contributed by atoms with Gasteiger partial charge in [0.05, 0.1) is 0 Å². The number of rotatable bonds is 4. The summed E-state index contributed by atoms with van der Waals surface area (Å²) in [6.07, 6.45) is 1.45. The van der Waals surface area contributed by atoms with Crippen molar-refractivity contribution in [2.75, 3.05) is 0 Å². The second-order valence-corrected chi connectivity index (χ2v) is 7.13. The fourth-order valence-electron chi connectivity index (χ4n) is 2.63. The summed E-state index contributed by atoms with van der Waals surface area (Å²) in [5.41, 5.74) is 1.78. The lowest BCUT2D eigenvalue weighted by Gasteiger charge is -2.29. The first-order chi connectivity index (χ1) is 12.7. The first-order valence-electron chi connectivity index (χ1n) is 8.80. The Hall–Kier alpha value is -3.08. The van der Waals surface area contributed by atoms with Gasteiger partial charge in [0.1, 0.15) is 17.1 Å². The summed E-state index contributed by atoms with van der Waals surface area (Å²) < 4.78 is 16.0. The van der Waals surface area contributed by atoms with E-state index in [4.69, 9.17) is 14.2 Å². The Balaban J connectivity index is 1.72. The van der Waals surface area contributed by atoms with Crippen molar-refractivity contribution in [1.29, 1.82) is 0 Å². The lowest BCUT2D eigenvalue weighted by molar-refractivity contribution is -0.222. The third-order valence-corrected chi connectivity index (χ3v) is 4.09. The zero-order valence-corrected chi connectivity index (χ0v) is 15.8. The van der Waals surface area contributed by atoms with Gasteiger partial charge in [-0.25, -0.2) is 9.59 Å². The van der Waals surface area contributed by atoms with E-state index in [1.54, 1.807) is 24.3 Å². The number of hydrogen-bond donors (Lipinski definition) is 0. The van der Waals surface area contributed by atoms with Crippen LogP contribution < -0.4 is 4.74 Å². The average molecular weight is 366 g/mol. The van der Waals surface area contributed by atoms with Crippen LogP contribution in [0.1, 0.15) is 44.7 Å². The highest BCUT2D eigenvalue weighted by atomic mass is 16.7. The number of esters is 2. The maximum Gasteiger partial charge on any atom is 0.348 e. The summed E-state index contributed by atoms with van der Waals surface area (Å²) >= 11 is 0. The van der Waals surface area contributed by atoms with Gasteiger partial charge in [-0.2, -0.15) is 0 Å². The Bertz CT molecular complexity index is 852. The van der Waals surface area contributed by atoms with Crippen LogP contribution in [0.5, 0.6) is 11.5 Å². The van der Waals surface area contributed by atoms with Crippen LogP contribution >= 0.6 is 0 Å². The van der Waals surface area contributed by atoms with Gasteiger partial charge in [0.2, 0.25) is 0 Å². The summed E-state index contributed by atoms with van der Waals surface area (Å²) in [7, 11) is 0. The number of carbonyl (C=O) groups is 2. The lowest BCUT2D eigenvalue weighted by atomic mass is 10.0. The van der Waals surface area contributed by atoms with Crippen LogP contribution in [0.4, 0.5) is 0 Å². The maximum atomic E-state index is 12.0. The van der Waals surface area contributed by atoms with Gasteiger partial charge in [-0.05, 0) is 47.4 Å². The molecule has 0 bridgehead atoms. The Morgan fingerprint density at radius 1 is 0.852 bits per heavy atom. The number of carbonyl (C=O) groups excluding carboxylic acids is 2. The zero-order chi connectivity index (χ0) is 19.6. The molecule has 0 radical (unpaired) electrons. The smallest absolute Gasteiger partial charge is 0.348 e. The molecular formula is C22H22O5. The highest BCUT2D eigenvalue weighted by Gasteiger charge is 2.38. The van der Waals surface area contributed by atoms with Crippen molar-refractivity contribution in [3.63, 3.8) is 0 Å². The Labute approximate surface area is 158 Å². The minimum Gasteiger partial charge on any atom is -0.457 e. The van der Waals surface area contributed by atoms with Gasteiger partial charge < -0.3 is 14.2 Å². The van der Waals surface area contributed by atoms with E-state index < -0.39 is 17.7 Å². The van der Waals surface area contributed by atoms with Crippen LogP contribution in [0.25, 0.3) is 6.08 Å². The van der Waals surface area contributed by atoms with E-state index in [0.29, 0.717) is 17.2 Å². The zero-order valence-electron chi connectivity index (χ0n) is 15.8. The molecule has 1 fully saturated rings. The molecular weight excluding hydrogens is 344 g/mol. The topological polar surface area (TPSA) is 61.8 Å². The van der Waals surface area contributed by atoms with Crippen LogP contribution in [-0.4, -0.2) is 17.7 Å². The molecule has 0 aliphatic carbocycles. The van der Waals surface area contributed by atoms with Crippen molar-refractivity contribution in [1.82, 2.24) is 0 Å². The van der Waals surface area contributed by atoms with Crippen LogP contribution in [0.15, 0.2) is 54.1 Å². The van der Waals surface area contributed by atoms with E-state index in [-0.39, 0.29) is 5.57 Å². The molecule has 0 spiro atoms. The van der Waals surface area contributed by atoms with Crippen molar-refractivity contribution in [2.24, 2.45) is 0 Å². The summed E-state index contributed by atoms with van der Waals surface area (Å²) in [6, 6.07) is 15.0. The molecule has 1 aliphatic rings. The SMILES string of the molecule is CC(C)c1ccc(Oc2ccc(C=C3C(=O)OC(C)(C)OC3=O)cc2)cc1. The van der Waals surface area contributed by atoms with Crippen LogP contribution in [0, 0.1) is 0 Å². The molecule has 1 aliphatic heterocycles. The minimum absolute atomic E-state index is 0.132. The molecule has 5 heteroatoms. The average Bonchev–Trinajstić information content (AvgIpc) is 2.59. The lowest BCUT2D eigenvalue weighted by Crippen LogP contribution is -2.41. The van der Waals surface area contributed by atoms with Crippen molar-refractivity contribution in [3.05, 3.63) is 65.2 Å². The molecule has 0 N–H and O–H groups in total. The Morgan fingerprint density at radius 3 is 1.81 bits per heavy atom. The summed E-state index contributed by atoms with van der Waals surface area (Å²) in [5, 5.41) is 0. The standard InChI is InChI=1S/C22H22O5/c1-14(2)16-7-11-18(12-8-16)25-17-9-5-15(6-10-17)13-19-20(23)26-22(3,4)27-21(19)24/h5-14H,1-4H3. The largest absolute Gasteiger partial charge is 0.457 e. The van der Waals surface area contributed by atoms with Crippen molar-refractivity contribution >= 4 is 18.0 Å². The molecule has 0 saturated carbocycles. The molecule has 0 atom stereocenters. The summed E-state index contributed by atoms with van der Waals surface area (Å²) in [5.74, 6) is -0.760. The van der Waals surface area contributed by atoms with Gasteiger partial charge in [-0.3, -0.25) is 0 Å². The van der Waals surface area contributed by atoms with E-state index >= 15 is 0 Å². The van der Waals surface area contributed by atoms with E-state index in [2.05, 4.69) is 13.8 Å². The summed E-state index contributed by atoms with van der Waals surface area (Å²) in [4.78, 5) is 24.0. The van der Waals surface area contributed by atoms with Gasteiger partial charge >= 0.3 is 11.9 Å². The van der Waals surface area contributed by atoms with E-state index in [1.807, 2.05) is 24.3 Å². The minimum atomic E-state index is -1.24. The van der Waals surface area contributed by atoms with Crippen molar-refractivity contribution < 1.29 is 23.8 Å². The Morgan fingerprint density at radius 2 is 1.33 bits per heavy atom. The first-order valence-corrected chi connectivity index (χ1v) is 8.80. The van der Waals surface area contributed by atoms with Gasteiger partial charge in [-0.15, -0.1) is 0 Å². The van der Waals surface area contributed by atoms with Crippen molar-refractivity contribution in [3.8, 4) is 11.5 Å². The third kappa shape index (κ3) is 4.56. The molecule has 0 amide bonds. The predicted octanol–water partition coefficient (Wildman–Crippen LogP) is 4.82. The normalized spacial score (nSPS) is 16.0. The first kappa shape index (κ1) is 18.7. The van der Waals surface area contributed by atoms with Crippen LogP contribution in [0.2, 0.25) is 0 Å².